The number of pyridine rings is 1. The lowest BCUT2D eigenvalue weighted by Gasteiger charge is -2.28. The van der Waals surface area contributed by atoms with Crippen molar-refractivity contribution in [3.63, 3.8) is 0 Å². The highest BCUT2D eigenvalue weighted by Crippen LogP contribution is 2.21. The van der Waals surface area contributed by atoms with Crippen LogP contribution in [-0.4, -0.2) is 36.2 Å². The van der Waals surface area contributed by atoms with Crippen molar-refractivity contribution < 1.29 is 9.66 Å². The monoisotopic (exact) mass is 265 g/mol. The summed E-state index contributed by atoms with van der Waals surface area (Å²) in [4.78, 5) is 16.6. The summed E-state index contributed by atoms with van der Waals surface area (Å²) in [5.74, 6) is 0.747. The fraction of sp³-hybridized carbons (Fsp3) is 0.615. The van der Waals surface area contributed by atoms with E-state index in [-0.39, 0.29) is 11.8 Å². The van der Waals surface area contributed by atoms with Gasteiger partial charge in [-0.3, -0.25) is 10.1 Å². The lowest BCUT2D eigenvalue weighted by molar-refractivity contribution is -0.385. The molecule has 104 valence electrons. The number of hydrogen-bond donors (Lipinski definition) is 0. The van der Waals surface area contributed by atoms with Gasteiger partial charge in [-0.05, 0) is 32.3 Å². The molecular formula is C13H19N3O3. The number of nitrogens with zero attached hydrogens (tertiary/aromatic N) is 3. The molecule has 2 rings (SSSR count). The van der Waals surface area contributed by atoms with E-state index < -0.39 is 4.92 Å². The van der Waals surface area contributed by atoms with Crippen LogP contribution in [0.5, 0.6) is 0 Å². The summed E-state index contributed by atoms with van der Waals surface area (Å²) in [5, 5.41) is 10.8. The molecule has 1 atom stereocenters. The smallest absolute Gasteiger partial charge is 0.290 e. The summed E-state index contributed by atoms with van der Waals surface area (Å²) < 4.78 is 5.68. The van der Waals surface area contributed by atoms with E-state index in [0.29, 0.717) is 5.69 Å². The fourth-order valence-electron chi connectivity index (χ4n) is 2.30. The summed E-state index contributed by atoms with van der Waals surface area (Å²) in [6.45, 7) is 3.25. The molecule has 1 aliphatic heterocycles. The topological polar surface area (TPSA) is 68.5 Å². The van der Waals surface area contributed by atoms with E-state index in [4.69, 9.17) is 4.74 Å². The molecule has 0 N–H and O–H groups in total. The molecule has 0 saturated carbocycles. The van der Waals surface area contributed by atoms with Crippen LogP contribution in [0.2, 0.25) is 0 Å². The third kappa shape index (κ3) is 3.41. The van der Waals surface area contributed by atoms with Gasteiger partial charge in [0.2, 0.25) is 0 Å². The number of nitro groups is 1. The average Bonchev–Trinajstić information content (AvgIpc) is 2.39. The number of likely N-dealkylation sites (N-methyl/N-ethyl adjacent to an activating group) is 1. The Morgan fingerprint density at radius 2 is 2.32 bits per heavy atom. The Hall–Kier alpha value is -1.69. The summed E-state index contributed by atoms with van der Waals surface area (Å²) in [6.07, 6.45) is 3.63. The predicted molar refractivity (Wildman–Crippen MR) is 72.5 cm³/mol. The minimum absolute atomic E-state index is 0.0612. The average molecular weight is 265 g/mol. The van der Waals surface area contributed by atoms with Crippen LogP contribution in [0.4, 0.5) is 11.5 Å². The van der Waals surface area contributed by atoms with E-state index in [1.54, 1.807) is 13.0 Å². The van der Waals surface area contributed by atoms with Crippen LogP contribution in [-0.2, 0) is 4.74 Å². The molecule has 0 aromatic carbocycles. The molecule has 0 bridgehead atoms. The first-order valence-corrected chi connectivity index (χ1v) is 6.52. The molecular weight excluding hydrogens is 246 g/mol. The minimum Gasteiger partial charge on any atom is -0.376 e. The van der Waals surface area contributed by atoms with Crippen molar-refractivity contribution in [2.75, 3.05) is 25.1 Å². The zero-order valence-corrected chi connectivity index (χ0v) is 11.3. The Bertz CT molecular complexity index is 458. The van der Waals surface area contributed by atoms with Crippen LogP contribution in [0.15, 0.2) is 12.1 Å². The van der Waals surface area contributed by atoms with Gasteiger partial charge < -0.3 is 9.64 Å². The molecule has 0 aliphatic carbocycles. The number of hydrogen-bond acceptors (Lipinski definition) is 5. The third-order valence-corrected chi connectivity index (χ3v) is 3.38. The Morgan fingerprint density at radius 1 is 1.53 bits per heavy atom. The summed E-state index contributed by atoms with van der Waals surface area (Å²) in [5.41, 5.74) is 0.505. The molecule has 1 aromatic heterocycles. The van der Waals surface area contributed by atoms with Gasteiger partial charge >= 0.3 is 0 Å². The van der Waals surface area contributed by atoms with E-state index in [0.717, 1.165) is 31.8 Å². The number of ether oxygens (including phenoxy) is 1. The Morgan fingerprint density at radius 3 is 2.89 bits per heavy atom. The molecule has 0 spiro atoms. The van der Waals surface area contributed by atoms with Gasteiger partial charge in [-0.2, -0.15) is 0 Å². The van der Waals surface area contributed by atoms with E-state index >= 15 is 0 Å². The Balaban J connectivity index is 2.04. The minimum atomic E-state index is -0.406. The normalized spacial score (nSPS) is 19.2. The van der Waals surface area contributed by atoms with Crippen molar-refractivity contribution in [2.45, 2.75) is 32.3 Å². The number of rotatable bonds is 4. The fourth-order valence-corrected chi connectivity index (χ4v) is 2.30. The van der Waals surface area contributed by atoms with Gasteiger partial charge in [0.25, 0.3) is 5.69 Å². The number of anilines is 1. The van der Waals surface area contributed by atoms with Gasteiger partial charge in [0, 0.05) is 26.3 Å². The van der Waals surface area contributed by atoms with E-state index in [1.165, 1.54) is 12.5 Å². The van der Waals surface area contributed by atoms with Gasteiger partial charge in [0.15, 0.2) is 0 Å². The van der Waals surface area contributed by atoms with Crippen LogP contribution in [0.3, 0.4) is 0 Å². The highest BCUT2D eigenvalue weighted by atomic mass is 16.6. The zero-order valence-electron chi connectivity index (χ0n) is 11.3. The van der Waals surface area contributed by atoms with Crippen molar-refractivity contribution in [1.29, 1.82) is 0 Å². The first-order valence-electron chi connectivity index (χ1n) is 6.52. The van der Waals surface area contributed by atoms with Crippen molar-refractivity contribution >= 4 is 11.5 Å². The summed E-state index contributed by atoms with van der Waals surface area (Å²) in [7, 11) is 1.94. The summed E-state index contributed by atoms with van der Waals surface area (Å²) >= 11 is 0. The molecule has 6 nitrogen and oxygen atoms in total. The van der Waals surface area contributed by atoms with Crippen LogP contribution >= 0.6 is 0 Å². The lowest BCUT2D eigenvalue weighted by atomic mass is 10.1. The largest absolute Gasteiger partial charge is 0.376 e. The first-order chi connectivity index (χ1) is 9.08. The molecule has 0 unspecified atom stereocenters. The van der Waals surface area contributed by atoms with Crippen LogP contribution in [0.25, 0.3) is 0 Å². The van der Waals surface area contributed by atoms with Gasteiger partial charge in [0.1, 0.15) is 11.5 Å². The van der Waals surface area contributed by atoms with E-state index in [9.17, 15) is 10.1 Å². The van der Waals surface area contributed by atoms with Crippen molar-refractivity contribution in [1.82, 2.24) is 4.98 Å². The highest BCUT2D eigenvalue weighted by molar-refractivity contribution is 5.46. The standard InChI is InChI=1S/C13H19N3O3/c1-10-12(16(17)18)6-7-13(14-10)15(2)9-11-5-3-4-8-19-11/h6-7,11H,3-5,8-9H2,1-2H3/t11-/m1/s1. The maximum Gasteiger partial charge on any atom is 0.290 e. The molecule has 0 radical (unpaired) electrons. The maximum absolute atomic E-state index is 10.8. The second-order valence-electron chi connectivity index (χ2n) is 4.90. The first kappa shape index (κ1) is 13.7. The molecule has 0 amide bonds. The molecule has 19 heavy (non-hydrogen) atoms. The number of aromatic nitrogens is 1. The van der Waals surface area contributed by atoms with Crippen molar-refractivity contribution in [2.24, 2.45) is 0 Å². The van der Waals surface area contributed by atoms with Crippen molar-refractivity contribution in [3.05, 3.63) is 27.9 Å². The maximum atomic E-state index is 10.8. The third-order valence-electron chi connectivity index (χ3n) is 3.38. The molecule has 2 heterocycles. The second kappa shape index (κ2) is 5.97. The second-order valence-corrected chi connectivity index (χ2v) is 4.90. The van der Waals surface area contributed by atoms with E-state index in [1.807, 2.05) is 11.9 Å². The molecule has 1 fully saturated rings. The Kier molecular flexibility index (Phi) is 4.31. The highest BCUT2D eigenvalue weighted by Gasteiger charge is 2.18. The van der Waals surface area contributed by atoms with Gasteiger partial charge in [-0.15, -0.1) is 0 Å². The van der Waals surface area contributed by atoms with Gasteiger partial charge in [0.05, 0.1) is 11.0 Å². The SMILES string of the molecule is Cc1nc(N(C)C[C@H]2CCCCO2)ccc1[N+](=O)[O-]. The molecule has 1 aromatic rings. The molecule has 1 saturated heterocycles. The Labute approximate surface area is 112 Å². The quantitative estimate of drug-likeness (QED) is 0.617. The van der Waals surface area contributed by atoms with Crippen LogP contribution < -0.4 is 4.90 Å². The molecule has 6 heteroatoms. The van der Waals surface area contributed by atoms with Crippen molar-refractivity contribution in [3.8, 4) is 0 Å². The zero-order chi connectivity index (χ0) is 13.8. The summed E-state index contributed by atoms with van der Waals surface area (Å²) in [6, 6.07) is 3.20. The van der Waals surface area contributed by atoms with Crippen LogP contribution in [0.1, 0.15) is 25.0 Å². The number of aryl methyl sites for hydroxylation is 1. The predicted octanol–water partition coefficient (Wildman–Crippen LogP) is 2.30. The van der Waals surface area contributed by atoms with Crippen LogP contribution in [0, 0.1) is 17.0 Å². The van der Waals surface area contributed by atoms with E-state index in [2.05, 4.69) is 4.98 Å². The van der Waals surface area contributed by atoms with Gasteiger partial charge in [-0.1, -0.05) is 0 Å². The molecule has 1 aliphatic rings. The lowest BCUT2D eigenvalue weighted by Crippen LogP contribution is -2.33. The van der Waals surface area contributed by atoms with Gasteiger partial charge in [-0.25, -0.2) is 4.98 Å².